The number of thiophene rings is 1. The Morgan fingerprint density at radius 3 is 2.76 bits per heavy atom. The number of hydrogen-bond donors (Lipinski definition) is 1. The van der Waals surface area contributed by atoms with Crippen LogP contribution in [0, 0.1) is 11.3 Å². The van der Waals surface area contributed by atoms with Crippen LogP contribution in [-0.4, -0.2) is 96.1 Å². The molecule has 0 amide bonds. The van der Waals surface area contributed by atoms with Gasteiger partial charge in [-0.05, 0) is 78.1 Å². The van der Waals surface area contributed by atoms with Crippen molar-refractivity contribution in [3.63, 3.8) is 0 Å². The lowest BCUT2D eigenvalue weighted by atomic mass is 9.81. The topological polar surface area (TPSA) is 130 Å². The average molecular weight is 647 g/mol. The molecule has 0 radical (unpaired) electrons. The highest BCUT2D eigenvalue weighted by Crippen LogP contribution is 2.47. The molecule has 0 unspecified atom stereocenters. The molecule has 3 atom stereocenters. The second kappa shape index (κ2) is 12.8. The van der Waals surface area contributed by atoms with Gasteiger partial charge < -0.3 is 24.6 Å². The van der Waals surface area contributed by atoms with Crippen LogP contribution in [0.2, 0.25) is 0 Å². The van der Waals surface area contributed by atoms with Crippen LogP contribution in [0.1, 0.15) is 85.6 Å². The fraction of sp³-hybridized carbons (Fsp3) is 0.647. The number of nitrogens with two attached hydrogens (primary N) is 1. The molecule has 1 spiro atoms. The van der Waals surface area contributed by atoms with Crippen molar-refractivity contribution in [1.29, 1.82) is 5.26 Å². The molecular weight excluding hydrogens is 600 g/mol. The number of likely N-dealkylation sites (N-methyl/N-ethyl adjacent to an activating group) is 2. The third-order valence-corrected chi connectivity index (χ3v) is 11.8. The number of nitriles is 1. The van der Waals surface area contributed by atoms with Crippen LogP contribution in [0.3, 0.4) is 0 Å². The van der Waals surface area contributed by atoms with Gasteiger partial charge >= 0.3 is 0 Å². The Bertz CT molecular complexity index is 1610. The summed E-state index contributed by atoms with van der Waals surface area (Å²) in [6, 6.07) is 4.72. The predicted octanol–water partition coefficient (Wildman–Crippen LogP) is 4.84. The van der Waals surface area contributed by atoms with Crippen LogP contribution in [0.5, 0.6) is 5.88 Å². The molecule has 6 heterocycles. The smallest absolute Gasteiger partial charge is 0.219 e. The summed E-state index contributed by atoms with van der Waals surface area (Å²) in [4.78, 5) is 18.5. The molecule has 2 N–H and O–H groups in total. The van der Waals surface area contributed by atoms with E-state index in [9.17, 15) is 5.26 Å². The van der Waals surface area contributed by atoms with Crippen molar-refractivity contribution in [2.45, 2.75) is 88.8 Å². The molecule has 0 aromatic carbocycles. The molecule has 246 valence electrons. The summed E-state index contributed by atoms with van der Waals surface area (Å²) >= 11 is 1.54. The molecule has 3 aromatic heterocycles. The Hall–Kier alpha value is -3.24. The second-order valence-corrected chi connectivity index (χ2v) is 14.8. The highest BCUT2D eigenvalue weighted by Gasteiger charge is 2.46. The fourth-order valence-electron chi connectivity index (χ4n) is 7.87. The van der Waals surface area contributed by atoms with Crippen LogP contribution in [-0.2, 0) is 17.6 Å². The minimum absolute atomic E-state index is 0.00288. The number of hydrogen-bond acceptors (Lipinski definition) is 12. The summed E-state index contributed by atoms with van der Waals surface area (Å²) in [5.41, 5.74) is 9.64. The molecule has 0 bridgehead atoms. The van der Waals surface area contributed by atoms with Gasteiger partial charge in [-0.15, -0.1) is 11.3 Å². The molecule has 7 rings (SSSR count). The Balaban J connectivity index is 1.30. The largest absolute Gasteiger partial charge is 0.473 e. The molecule has 4 aliphatic rings. The molecule has 12 heteroatoms. The monoisotopic (exact) mass is 646 g/mol. The van der Waals surface area contributed by atoms with Gasteiger partial charge in [0.25, 0.3) is 0 Å². The molecule has 3 saturated heterocycles. The van der Waals surface area contributed by atoms with Crippen LogP contribution in [0.25, 0.3) is 11.5 Å². The quantitative estimate of drug-likeness (QED) is 0.343. The van der Waals surface area contributed by atoms with E-state index in [1.165, 1.54) is 22.6 Å². The fourth-order valence-corrected chi connectivity index (χ4v) is 8.99. The average Bonchev–Trinajstić information content (AvgIpc) is 3.74. The predicted molar refractivity (Wildman–Crippen MR) is 179 cm³/mol. The maximum absolute atomic E-state index is 10.0. The van der Waals surface area contributed by atoms with E-state index >= 15 is 0 Å². The van der Waals surface area contributed by atoms with Gasteiger partial charge in [-0.3, -0.25) is 9.80 Å². The molecule has 0 saturated carbocycles. The van der Waals surface area contributed by atoms with Gasteiger partial charge in [0.05, 0.1) is 24.3 Å². The summed E-state index contributed by atoms with van der Waals surface area (Å²) in [6.07, 6.45) is 7.90. The number of unbranched alkanes of at least 4 members (excludes halogenated alkanes) is 1. The minimum atomic E-state index is -0.0620. The highest BCUT2D eigenvalue weighted by atomic mass is 32.1. The third kappa shape index (κ3) is 5.55. The Kier molecular flexibility index (Phi) is 8.69. The number of nitrogen functional groups attached to an aromatic ring is 1. The number of piperazine rings is 1. The summed E-state index contributed by atoms with van der Waals surface area (Å²) in [7, 11) is 4.36. The summed E-state index contributed by atoms with van der Waals surface area (Å²) in [5, 5.41) is 15.3. The van der Waals surface area contributed by atoms with E-state index in [4.69, 9.17) is 34.9 Å². The van der Waals surface area contributed by atoms with Gasteiger partial charge in [-0.25, -0.2) is 4.98 Å². The van der Waals surface area contributed by atoms with Crippen molar-refractivity contribution in [1.82, 2.24) is 24.9 Å². The number of likely N-dealkylation sites (tertiary alicyclic amines) is 1. The lowest BCUT2D eigenvalue weighted by Gasteiger charge is -2.54. The van der Waals surface area contributed by atoms with Crippen molar-refractivity contribution < 1.29 is 14.0 Å². The van der Waals surface area contributed by atoms with Gasteiger partial charge in [-0.1, -0.05) is 18.5 Å². The summed E-state index contributed by atoms with van der Waals surface area (Å²) < 4.78 is 18.6. The molecule has 11 nitrogen and oxygen atoms in total. The van der Waals surface area contributed by atoms with Crippen LogP contribution < -0.4 is 15.4 Å². The zero-order valence-corrected chi connectivity index (χ0v) is 28.4. The lowest BCUT2D eigenvalue weighted by molar-refractivity contribution is -0.134. The zero-order valence-electron chi connectivity index (χ0n) is 27.5. The molecule has 3 aliphatic heterocycles. The summed E-state index contributed by atoms with van der Waals surface area (Å²) in [5.74, 6) is 2.69. The minimum Gasteiger partial charge on any atom is -0.473 e. The normalized spacial score (nSPS) is 23.7. The van der Waals surface area contributed by atoms with Crippen molar-refractivity contribution in [3.8, 4) is 23.5 Å². The Morgan fingerprint density at radius 1 is 1.20 bits per heavy atom. The van der Waals surface area contributed by atoms with E-state index in [1.54, 1.807) is 0 Å². The molecular formula is C34H46N8O3S. The maximum atomic E-state index is 10.0. The van der Waals surface area contributed by atoms with E-state index in [2.05, 4.69) is 48.7 Å². The highest BCUT2D eigenvalue weighted by molar-refractivity contribution is 7.16. The first kappa shape index (κ1) is 31.4. The van der Waals surface area contributed by atoms with Gasteiger partial charge in [0.15, 0.2) is 11.5 Å². The van der Waals surface area contributed by atoms with Gasteiger partial charge in [-0.2, -0.15) is 10.2 Å². The number of fused-ring (bicyclic) bond motifs is 1. The van der Waals surface area contributed by atoms with E-state index in [-0.39, 0.29) is 17.6 Å². The Morgan fingerprint density at radius 2 is 2.04 bits per heavy atom. The van der Waals surface area contributed by atoms with E-state index in [1.807, 2.05) is 6.07 Å². The van der Waals surface area contributed by atoms with Crippen molar-refractivity contribution >= 4 is 22.2 Å². The first-order chi connectivity index (χ1) is 22.3. The molecule has 1 aliphatic carbocycles. The number of rotatable bonds is 9. The van der Waals surface area contributed by atoms with Crippen LogP contribution in [0.15, 0.2) is 10.6 Å². The first-order valence-electron chi connectivity index (χ1n) is 16.9. The first-order valence-corrected chi connectivity index (χ1v) is 17.7. The van der Waals surface area contributed by atoms with Crippen molar-refractivity contribution in [3.05, 3.63) is 33.4 Å². The number of ether oxygens (including phenoxy) is 2. The molecule has 46 heavy (non-hydrogen) atoms. The van der Waals surface area contributed by atoms with Crippen LogP contribution in [0.4, 0.5) is 10.8 Å². The second-order valence-electron chi connectivity index (χ2n) is 13.7. The van der Waals surface area contributed by atoms with Gasteiger partial charge in [0.1, 0.15) is 28.8 Å². The standard InChI is InChI=1S/C34H46N8O3S/c1-5-6-9-23-30(39-45-31(23)22-10-7-12-26-29(22)24(17-35)32(36)46-26)33-37-27(42-15-14-41(4)34(18-42)19-43-20-34)16-28(38-33)44-21(2)25-11-8-13-40(25)3/h16,21-22,25H,5-15,18-20,36H2,1-4H3/t21-,22-,25-/m0/s1. The number of aryl methyl sites for hydroxylation is 1. The number of anilines is 2. The zero-order chi connectivity index (χ0) is 32.0. The Labute approximate surface area is 275 Å². The molecule has 3 fully saturated rings. The summed E-state index contributed by atoms with van der Waals surface area (Å²) in [6.45, 7) is 9.47. The van der Waals surface area contributed by atoms with Gasteiger partial charge in [0, 0.05) is 48.1 Å². The van der Waals surface area contributed by atoms with E-state index in [0.717, 1.165) is 107 Å². The van der Waals surface area contributed by atoms with Crippen molar-refractivity contribution in [2.24, 2.45) is 0 Å². The SMILES string of the molecule is CCCCc1c(-c2nc(O[C@@H](C)[C@@H]3CCCN3C)cc(N3CCN(C)C4(COC4)C3)n2)noc1[C@H]1CCCc2sc(N)c(C#N)c21. The number of nitrogens with zero attached hydrogens (tertiary/aromatic N) is 7. The van der Waals surface area contributed by atoms with E-state index < -0.39 is 0 Å². The van der Waals surface area contributed by atoms with Crippen LogP contribution >= 0.6 is 11.3 Å². The maximum Gasteiger partial charge on any atom is 0.219 e. The van der Waals surface area contributed by atoms with Gasteiger partial charge in [0.2, 0.25) is 5.88 Å². The third-order valence-electron chi connectivity index (χ3n) is 10.7. The van der Waals surface area contributed by atoms with E-state index in [0.29, 0.717) is 34.0 Å². The van der Waals surface area contributed by atoms with Crippen molar-refractivity contribution in [2.75, 3.05) is 64.1 Å². The lowest BCUT2D eigenvalue weighted by Crippen LogP contribution is -2.70. The number of aromatic nitrogens is 3. The molecule has 3 aromatic rings.